The van der Waals surface area contributed by atoms with Crippen LogP contribution in [0.5, 0.6) is 0 Å². The van der Waals surface area contributed by atoms with Gasteiger partial charge < -0.3 is 10.2 Å². The van der Waals surface area contributed by atoms with E-state index in [0.717, 1.165) is 36.3 Å². The van der Waals surface area contributed by atoms with Crippen molar-refractivity contribution in [2.75, 3.05) is 18.0 Å². The van der Waals surface area contributed by atoms with Gasteiger partial charge in [-0.25, -0.2) is 14.4 Å². The Kier molecular flexibility index (Phi) is 6.02. The topological polar surface area (TPSA) is 58.1 Å². The molecule has 1 saturated heterocycles. The highest BCUT2D eigenvalue weighted by Gasteiger charge is 2.26. The van der Waals surface area contributed by atoms with Gasteiger partial charge in [-0.3, -0.25) is 4.79 Å². The lowest BCUT2D eigenvalue weighted by atomic mass is 9.97. The zero-order valence-corrected chi connectivity index (χ0v) is 17.0. The average Bonchev–Trinajstić information content (AvgIpc) is 2.79. The summed E-state index contributed by atoms with van der Waals surface area (Å²) < 4.78 is 13.0. The molecule has 154 valence electrons. The maximum atomic E-state index is 13.0. The van der Waals surface area contributed by atoms with E-state index in [2.05, 4.69) is 22.1 Å². The fraction of sp³-hybridized carbons (Fsp3) is 0.292. The van der Waals surface area contributed by atoms with E-state index >= 15 is 0 Å². The number of rotatable bonds is 5. The first kappa shape index (κ1) is 20.0. The molecule has 1 aliphatic heterocycles. The molecule has 3 aromatic rings. The van der Waals surface area contributed by atoms with Gasteiger partial charge in [0.25, 0.3) is 0 Å². The van der Waals surface area contributed by atoms with E-state index in [4.69, 9.17) is 4.98 Å². The molecule has 1 atom stereocenters. The fourth-order valence-corrected chi connectivity index (χ4v) is 3.70. The van der Waals surface area contributed by atoms with Crippen molar-refractivity contribution >= 4 is 11.7 Å². The molecule has 6 heteroatoms. The van der Waals surface area contributed by atoms with Crippen molar-refractivity contribution in [3.05, 3.63) is 77.7 Å². The number of hydrogen-bond donors (Lipinski definition) is 1. The molecule has 30 heavy (non-hydrogen) atoms. The van der Waals surface area contributed by atoms with Crippen LogP contribution in [0.4, 0.5) is 10.2 Å². The van der Waals surface area contributed by atoms with Crippen LogP contribution in [0.2, 0.25) is 0 Å². The quantitative estimate of drug-likeness (QED) is 0.695. The molecule has 1 amide bonds. The van der Waals surface area contributed by atoms with E-state index in [1.165, 1.54) is 17.7 Å². The molecular formula is C24H25FN4O. The molecule has 1 aromatic heterocycles. The van der Waals surface area contributed by atoms with Gasteiger partial charge in [-0.1, -0.05) is 42.0 Å². The van der Waals surface area contributed by atoms with Crippen molar-refractivity contribution in [1.29, 1.82) is 0 Å². The summed E-state index contributed by atoms with van der Waals surface area (Å²) in [6.07, 6.45) is 3.55. The second kappa shape index (κ2) is 9.03. The van der Waals surface area contributed by atoms with E-state index in [0.29, 0.717) is 18.9 Å². The Morgan fingerprint density at radius 2 is 1.90 bits per heavy atom. The monoisotopic (exact) mass is 404 g/mol. The Hall–Kier alpha value is -3.28. The standard InChI is InChI=1S/C24H25FN4O/c1-17-4-8-19(9-5-17)23-26-13-12-22(28-23)29-14-2-3-20(16-29)24(30)27-15-18-6-10-21(25)11-7-18/h4-13,20H,2-3,14-16H2,1H3,(H,27,30)/t20-/m0/s1. The Balaban J connectivity index is 1.41. The third kappa shape index (κ3) is 4.82. The second-order valence-corrected chi connectivity index (χ2v) is 7.73. The zero-order valence-electron chi connectivity index (χ0n) is 17.0. The number of anilines is 1. The highest BCUT2D eigenvalue weighted by atomic mass is 19.1. The minimum atomic E-state index is -0.275. The number of benzene rings is 2. The van der Waals surface area contributed by atoms with Crippen molar-refractivity contribution in [3.8, 4) is 11.4 Å². The van der Waals surface area contributed by atoms with Crippen LogP contribution < -0.4 is 10.2 Å². The van der Waals surface area contributed by atoms with Gasteiger partial charge in [-0.15, -0.1) is 0 Å². The first-order valence-corrected chi connectivity index (χ1v) is 10.3. The van der Waals surface area contributed by atoms with Crippen molar-refractivity contribution in [1.82, 2.24) is 15.3 Å². The normalized spacial score (nSPS) is 16.3. The van der Waals surface area contributed by atoms with Crippen LogP contribution in [-0.2, 0) is 11.3 Å². The minimum Gasteiger partial charge on any atom is -0.356 e. The van der Waals surface area contributed by atoms with Gasteiger partial charge in [-0.2, -0.15) is 0 Å². The third-order valence-electron chi connectivity index (χ3n) is 5.45. The molecule has 0 spiro atoms. The van der Waals surface area contributed by atoms with Crippen LogP contribution in [0.3, 0.4) is 0 Å². The molecule has 1 aliphatic rings. The molecule has 1 fully saturated rings. The highest BCUT2D eigenvalue weighted by Crippen LogP contribution is 2.24. The van der Waals surface area contributed by atoms with Crippen LogP contribution in [-0.4, -0.2) is 29.0 Å². The molecule has 2 heterocycles. The molecule has 1 N–H and O–H groups in total. The molecule has 0 radical (unpaired) electrons. The van der Waals surface area contributed by atoms with Crippen LogP contribution in [0.15, 0.2) is 60.8 Å². The lowest BCUT2D eigenvalue weighted by Gasteiger charge is -2.33. The van der Waals surface area contributed by atoms with Gasteiger partial charge in [0.1, 0.15) is 11.6 Å². The number of nitrogens with one attached hydrogen (secondary N) is 1. The van der Waals surface area contributed by atoms with Gasteiger partial charge in [0.15, 0.2) is 5.82 Å². The summed E-state index contributed by atoms with van der Waals surface area (Å²) >= 11 is 0. The second-order valence-electron chi connectivity index (χ2n) is 7.73. The molecule has 5 nitrogen and oxygen atoms in total. The molecule has 2 aromatic carbocycles. The SMILES string of the molecule is Cc1ccc(-c2nccc(N3CCC[C@H](C(=O)NCc4ccc(F)cc4)C3)n2)cc1. The maximum Gasteiger partial charge on any atom is 0.225 e. The van der Waals surface area contributed by atoms with Gasteiger partial charge >= 0.3 is 0 Å². The molecule has 0 unspecified atom stereocenters. The molecular weight excluding hydrogens is 379 g/mol. The third-order valence-corrected chi connectivity index (χ3v) is 5.45. The lowest BCUT2D eigenvalue weighted by Crippen LogP contribution is -2.43. The van der Waals surface area contributed by atoms with Crippen LogP contribution in [0, 0.1) is 18.7 Å². The summed E-state index contributed by atoms with van der Waals surface area (Å²) in [6, 6.07) is 16.2. The number of halogens is 1. The average molecular weight is 404 g/mol. The summed E-state index contributed by atoms with van der Waals surface area (Å²) in [5.41, 5.74) is 3.06. The van der Waals surface area contributed by atoms with Crippen molar-refractivity contribution in [2.24, 2.45) is 5.92 Å². The largest absolute Gasteiger partial charge is 0.356 e. The van der Waals surface area contributed by atoms with Crippen LogP contribution in [0.25, 0.3) is 11.4 Å². The Labute approximate surface area is 176 Å². The van der Waals surface area contributed by atoms with E-state index in [1.54, 1.807) is 18.3 Å². The number of hydrogen-bond acceptors (Lipinski definition) is 4. The van der Waals surface area contributed by atoms with Crippen LogP contribution in [0.1, 0.15) is 24.0 Å². The van der Waals surface area contributed by atoms with E-state index in [9.17, 15) is 9.18 Å². The van der Waals surface area contributed by atoms with E-state index < -0.39 is 0 Å². The number of aromatic nitrogens is 2. The Bertz CT molecular complexity index is 1000. The van der Waals surface area contributed by atoms with Crippen molar-refractivity contribution in [3.63, 3.8) is 0 Å². The number of nitrogens with zero attached hydrogens (tertiary/aromatic N) is 3. The molecule has 0 aliphatic carbocycles. The summed E-state index contributed by atoms with van der Waals surface area (Å²) in [6.45, 7) is 3.95. The predicted octanol–water partition coefficient (Wildman–Crippen LogP) is 4.12. The number of carbonyl (C=O) groups is 1. The zero-order chi connectivity index (χ0) is 20.9. The lowest BCUT2D eigenvalue weighted by molar-refractivity contribution is -0.125. The van der Waals surface area contributed by atoms with Gasteiger partial charge in [0.05, 0.1) is 5.92 Å². The molecule has 0 bridgehead atoms. The summed E-state index contributed by atoms with van der Waals surface area (Å²) in [5.74, 6) is 1.18. The van der Waals surface area contributed by atoms with E-state index in [-0.39, 0.29) is 17.6 Å². The van der Waals surface area contributed by atoms with Crippen molar-refractivity contribution in [2.45, 2.75) is 26.3 Å². The van der Waals surface area contributed by atoms with Gasteiger partial charge in [-0.05, 0) is 43.5 Å². The minimum absolute atomic E-state index is 0.0249. The number of aryl methyl sites for hydroxylation is 1. The summed E-state index contributed by atoms with van der Waals surface area (Å²) in [4.78, 5) is 24.0. The summed E-state index contributed by atoms with van der Waals surface area (Å²) in [5, 5.41) is 2.98. The van der Waals surface area contributed by atoms with Crippen LogP contribution >= 0.6 is 0 Å². The Morgan fingerprint density at radius 1 is 1.13 bits per heavy atom. The highest BCUT2D eigenvalue weighted by molar-refractivity contribution is 5.79. The van der Waals surface area contributed by atoms with Gasteiger partial charge in [0, 0.05) is 31.4 Å². The summed E-state index contributed by atoms with van der Waals surface area (Å²) in [7, 11) is 0. The maximum absolute atomic E-state index is 13.0. The van der Waals surface area contributed by atoms with Gasteiger partial charge in [0.2, 0.25) is 5.91 Å². The fourth-order valence-electron chi connectivity index (χ4n) is 3.70. The number of carbonyl (C=O) groups excluding carboxylic acids is 1. The first-order chi connectivity index (χ1) is 14.6. The molecule has 4 rings (SSSR count). The number of amides is 1. The Morgan fingerprint density at radius 3 is 2.67 bits per heavy atom. The smallest absolute Gasteiger partial charge is 0.225 e. The molecule has 0 saturated carbocycles. The number of piperidine rings is 1. The van der Waals surface area contributed by atoms with Crippen molar-refractivity contribution < 1.29 is 9.18 Å². The first-order valence-electron chi connectivity index (χ1n) is 10.3. The van der Waals surface area contributed by atoms with E-state index in [1.807, 2.05) is 30.3 Å². The predicted molar refractivity (Wildman–Crippen MR) is 115 cm³/mol.